The van der Waals surface area contributed by atoms with Crippen molar-refractivity contribution in [2.45, 2.75) is 44.1 Å². The van der Waals surface area contributed by atoms with Crippen LogP contribution in [0.25, 0.3) is 0 Å². The predicted octanol–water partition coefficient (Wildman–Crippen LogP) is 5.31. The number of aromatic nitrogens is 2. The zero-order chi connectivity index (χ0) is 25.5. The Morgan fingerprint density at radius 2 is 1.67 bits per heavy atom. The highest BCUT2D eigenvalue weighted by atomic mass is 32.2. The number of nitrogens with zero attached hydrogens (tertiary/aromatic N) is 5. The van der Waals surface area contributed by atoms with Gasteiger partial charge in [0.2, 0.25) is 0 Å². The second-order valence-corrected chi connectivity index (χ2v) is 10.6. The minimum absolute atomic E-state index is 0.0267. The van der Waals surface area contributed by atoms with Crippen LogP contribution in [0.5, 0.6) is 0 Å². The maximum Gasteiger partial charge on any atom is 0.253 e. The van der Waals surface area contributed by atoms with Crippen molar-refractivity contribution in [1.82, 2.24) is 19.8 Å². The highest BCUT2D eigenvalue weighted by molar-refractivity contribution is 7.98. The van der Waals surface area contributed by atoms with Crippen molar-refractivity contribution in [3.8, 4) is 0 Å². The Labute approximate surface area is 219 Å². The summed E-state index contributed by atoms with van der Waals surface area (Å²) in [7, 11) is 1.85. The number of benzene rings is 2. The van der Waals surface area contributed by atoms with Crippen molar-refractivity contribution in [1.29, 1.82) is 0 Å². The van der Waals surface area contributed by atoms with Crippen LogP contribution in [0, 0.1) is 0 Å². The summed E-state index contributed by atoms with van der Waals surface area (Å²) in [5.41, 5.74) is 4.06. The van der Waals surface area contributed by atoms with Crippen LogP contribution in [0.4, 0.5) is 5.82 Å². The lowest BCUT2D eigenvalue weighted by atomic mass is 10.1. The van der Waals surface area contributed by atoms with Gasteiger partial charge in [0, 0.05) is 62.8 Å². The first-order valence-electron chi connectivity index (χ1n) is 12.8. The molecule has 0 spiro atoms. The largest absolute Gasteiger partial charge is 0.354 e. The smallest absolute Gasteiger partial charge is 0.253 e. The van der Waals surface area contributed by atoms with E-state index in [2.05, 4.69) is 36.6 Å². The molecule has 0 atom stereocenters. The maximum absolute atomic E-state index is 12.9. The standard InChI is InChI=1S/C29H37N5OS/c1-5-33-15-17-34(18-16-33)27-19-26(22(2)3)30-29(31-27)36-21-24-11-13-25(14-12-24)28(35)32(4)20-23-9-7-6-8-10-23/h6-14,19,22H,5,15-18,20-21H2,1-4H3. The highest BCUT2D eigenvalue weighted by Crippen LogP contribution is 2.26. The van der Waals surface area contributed by atoms with Crippen LogP contribution >= 0.6 is 11.8 Å². The van der Waals surface area contributed by atoms with Gasteiger partial charge in [-0.15, -0.1) is 0 Å². The normalized spacial score (nSPS) is 14.3. The molecule has 1 fully saturated rings. The molecule has 3 aromatic rings. The molecule has 1 aliphatic heterocycles. The Hall–Kier alpha value is -2.90. The number of hydrogen-bond acceptors (Lipinski definition) is 6. The summed E-state index contributed by atoms with van der Waals surface area (Å²) < 4.78 is 0. The van der Waals surface area contributed by atoms with Crippen LogP contribution in [0.15, 0.2) is 65.8 Å². The molecule has 2 heterocycles. The van der Waals surface area contributed by atoms with Crippen molar-refractivity contribution < 1.29 is 4.79 Å². The van der Waals surface area contributed by atoms with Gasteiger partial charge in [-0.25, -0.2) is 9.97 Å². The minimum Gasteiger partial charge on any atom is -0.354 e. The third-order valence-corrected chi connectivity index (χ3v) is 7.54. The summed E-state index contributed by atoms with van der Waals surface area (Å²) in [6.45, 7) is 12.4. The van der Waals surface area contributed by atoms with Gasteiger partial charge in [-0.2, -0.15) is 0 Å². The van der Waals surface area contributed by atoms with E-state index in [4.69, 9.17) is 9.97 Å². The summed E-state index contributed by atoms with van der Waals surface area (Å²) in [4.78, 5) is 29.2. The maximum atomic E-state index is 12.9. The highest BCUT2D eigenvalue weighted by Gasteiger charge is 2.19. The van der Waals surface area contributed by atoms with E-state index in [9.17, 15) is 4.79 Å². The van der Waals surface area contributed by atoms with Crippen molar-refractivity contribution in [3.05, 3.63) is 83.0 Å². The second kappa shape index (κ2) is 12.4. The Bertz CT molecular complexity index is 1130. The number of hydrogen-bond donors (Lipinski definition) is 0. The average molecular weight is 504 g/mol. The van der Waals surface area contributed by atoms with Crippen molar-refractivity contribution in [2.75, 3.05) is 44.7 Å². The van der Waals surface area contributed by atoms with Crippen molar-refractivity contribution in [2.24, 2.45) is 0 Å². The predicted molar refractivity (Wildman–Crippen MR) is 149 cm³/mol. The molecule has 0 N–H and O–H groups in total. The summed E-state index contributed by atoms with van der Waals surface area (Å²) in [6, 6.07) is 20.1. The fourth-order valence-electron chi connectivity index (χ4n) is 4.29. The van der Waals surface area contributed by atoms with Gasteiger partial charge in [-0.1, -0.05) is 75.0 Å². The Morgan fingerprint density at radius 1 is 0.972 bits per heavy atom. The third kappa shape index (κ3) is 6.86. The van der Waals surface area contributed by atoms with Gasteiger partial charge in [-0.05, 0) is 35.7 Å². The minimum atomic E-state index is 0.0267. The molecule has 0 bridgehead atoms. The SMILES string of the molecule is CCN1CCN(c2cc(C(C)C)nc(SCc3ccc(C(=O)N(C)Cc4ccccc4)cc3)n2)CC1. The molecule has 1 aromatic heterocycles. The van der Waals surface area contributed by atoms with E-state index in [1.807, 2.05) is 61.6 Å². The quantitative estimate of drug-likeness (QED) is 0.292. The number of thioether (sulfide) groups is 1. The molecule has 1 saturated heterocycles. The summed E-state index contributed by atoms with van der Waals surface area (Å²) in [6.07, 6.45) is 0. The Morgan fingerprint density at radius 3 is 2.31 bits per heavy atom. The van der Waals surface area contributed by atoms with Crippen LogP contribution in [0.3, 0.4) is 0 Å². The lowest BCUT2D eigenvalue weighted by Gasteiger charge is -2.35. The van der Waals surface area contributed by atoms with Gasteiger partial charge in [0.25, 0.3) is 5.91 Å². The summed E-state index contributed by atoms with van der Waals surface area (Å²) >= 11 is 1.66. The van der Waals surface area contributed by atoms with Crippen molar-refractivity contribution in [3.63, 3.8) is 0 Å². The van der Waals surface area contributed by atoms with E-state index in [0.717, 1.165) is 66.3 Å². The zero-order valence-corrected chi connectivity index (χ0v) is 22.7. The zero-order valence-electron chi connectivity index (χ0n) is 21.9. The van der Waals surface area contributed by atoms with Crippen molar-refractivity contribution >= 4 is 23.5 Å². The van der Waals surface area contributed by atoms with Gasteiger partial charge in [0.1, 0.15) is 5.82 Å². The van der Waals surface area contributed by atoms with E-state index in [-0.39, 0.29) is 5.91 Å². The molecular weight excluding hydrogens is 466 g/mol. The molecule has 0 aliphatic carbocycles. The molecule has 4 rings (SSSR count). The molecule has 6 nitrogen and oxygen atoms in total. The monoisotopic (exact) mass is 503 g/mol. The van der Waals surface area contributed by atoms with Gasteiger partial charge >= 0.3 is 0 Å². The molecule has 2 aromatic carbocycles. The molecule has 1 aliphatic rings. The first kappa shape index (κ1) is 26.2. The number of likely N-dealkylation sites (N-methyl/N-ethyl adjacent to an activating group) is 1. The molecule has 1 amide bonds. The van der Waals surface area contributed by atoms with E-state index < -0.39 is 0 Å². The summed E-state index contributed by atoms with van der Waals surface area (Å²) in [5, 5.41) is 0.817. The van der Waals surface area contributed by atoms with Gasteiger partial charge in [0.15, 0.2) is 5.16 Å². The number of rotatable bonds is 9. The first-order chi connectivity index (χ1) is 17.4. The molecule has 7 heteroatoms. The lowest BCUT2D eigenvalue weighted by Crippen LogP contribution is -2.46. The van der Waals surface area contributed by atoms with Crippen LogP contribution in [0.2, 0.25) is 0 Å². The van der Waals surface area contributed by atoms with Crippen LogP contribution < -0.4 is 4.90 Å². The first-order valence-corrected chi connectivity index (χ1v) is 13.8. The summed E-state index contributed by atoms with van der Waals surface area (Å²) in [5.74, 6) is 2.17. The molecule has 36 heavy (non-hydrogen) atoms. The Balaban J connectivity index is 1.39. The fourth-order valence-corrected chi connectivity index (χ4v) is 5.10. The van der Waals surface area contributed by atoms with E-state index >= 15 is 0 Å². The van der Waals surface area contributed by atoms with Crippen LogP contribution in [0.1, 0.15) is 53.9 Å². The van der Waals surface area contributed by atoms with Gasteiger partial charge < -0.3 is 14.7 Å². The van der Waals surface area contributed by atoms with E-state index in [1.165, 1.54) is 0 Å². The number of amides is 1. The number of carbonyl (C=O) groups excluding carboxylic acids is 1. The van der Waals surface area contributed by atoms with E-state index in [0.29, 0.717) is 18.0 Å². The molecule has 0 radical (unpaired) electrons. The topological polar surface area (TPSA) is 52.6 Å². The average Bonchev–Trinajstić information content (AvgIpc) is 2.92. The second-order valence-electron chi connectivity index (χ2n) is 9.64. The molecular formula is C29H37N5OS. The van der Waals surface area contributed by atoms with Gasteiger partial charge in [0.05, 0.1) is 0 Å². The number of carbonyl (C=O) groups is 1. The van der Waals surface area contributed by atoms with E-state index in [1.54, 1.807) is 16.7 Å². The Kier molecular flexibility index (Phi) is 8.99. The van der Waals surface area contributed by atoms with Gasteiger partial charge in [-0.3, -0.25) is 4.79 Å². The molecule has 0 saturated carbocycles. The molecule has 190 valence electrons. The lowest BCUT2D eigenvalue weighted by molar-refractivity contribution is 0.0785. The number of piperazine rings is 1. The number of anilines is 1. The van der Waals surface area contributed by atoms with Crippen LogP contribution in [-0.2, 0) is 12.3 Å². The molecule has 0 unspecified atom stereocenters. The van der Waals surface area contributed by atoms with Crippen LogP contribution in [-0.4, -0.2) is 65.4 Å². The fraction of sp³-hybridized carbons (Fsp3) is 0.414. The third-order valence-electron chi connectivity index (χ3n) is 6.63.